The molecule has 2 aliphatic rings. The van der Waals surface area contributed by atoms with Crippen molar-refractivity contribution < 1.29 is 17.9 Å². The van der Waals surface area contributed by atoms with E-state index in [1.807, 2.05) is 12.1 Å². The Hall–Kier alpha value is -2.05. The topological polar surface area (TPSA) is 78.6 Å². The van der Waals surface area contributed by atoms with Gasteiger partial charge in [0.25, 0.3) is 0 Å². The molecule has 22 heavy (non-hydrogen) atoms. The zero-order valence-electron chi connectivity index (χ0n) is 11.7. The summed E-state index contributed by atoms with van der Waals surface area (Å²) in [5, 5.41) is -0.588. The maximum absolute atomic E-state index is 12.7. The molecule has 0 unspecified atom stereocenters. The van der Waals surface area contributed by atoms with Crippen LogP contribution in [0.3, 0.4) is 0 Å². The number of hydrogen-bond donors (Lipinski definition) is 1. The summed E-state index contributed by atoms with van der Waals surface area (Å²) in [6.07, 6.45) is 0. The van der Waals surface area contributed by atoms with E-state index in [0.29, 0.717) is 16.4 Å². The first kappa shape index (κ1) is 13.6. The maximum atomic E-state index is 12.7. The fourth-order valence-corrected chi connectivity index (χ4v) is 5.07. The molecule has 0 amide bonds. The van der Waals surface area contributed by atoms with E-state index >= 15 is 0 Å². The lowest BCUT2D eigenvalue weighted by atomic mass is 10.1. The Morgan fingerprint density at radius 2 is 1.73 bits per heavy atom. The van der Waals surface area contributed by atoms with Crippen LogP contribution in [0.5, 0.6) is 11.5 Å². The molecule has 0 spiro atoms. The van der Waals surface area contributed by atoms with Gasteiger partial charge in [0.1, 0.15) is 0 Å². The van der Waals surface area contributed by atoms with Gasteiger partial charge < -0.3 is 15.2 Å². The second-order valence-corrected chi connectivity index (χ2v) is 7.64. The molecule has 1 saturated carbocycles. The molecule has 0 saturated heterocycles. The Bertz CT molecular complexity index is 819. The van der Waals surface area contributed by atoms with Gasteiger partial charge in [-0.25, -0.2) is 8.42 Å². The Kier molecular flexibility index (Phi) is 2.92. The van der Waals surface area contributed by atoms with Crippen LogP contribution in [-0.4, -0.2) is 26.5 Å². The van der Waals surface area contributed by atoms with Crippen LogP contribution in [0, 0.1) is 0 Å². The first-order valence-electron chi connectivity index (χ1n) is 7.03. The molecule has 5 nitrogen and oxygen atoms in total. The molecule has 1 aliphatic carbocycles. The zero-order valence-corrected chi connectivity index (χ0v) is 12.5. The van der Waals surface area contributed by atoms with E-state index in [9.17, 15) is 8.42 Å². The van der Waals surface area contributed by atoms with E-state index in [1.54, 1.807) is 36.4 Å². The van der Waals surface area contributed by atoms with E-state index < -0.39 is 21.1 Å². The molecule has 0 aromatic heterocycles. The van der Waals surface area contributed by atoms with Crippen LogP contribution < -0.4 is 15.2 Å². The Morgan fingerprint density at radius 1 is 1.00 bits per heavy atom. The normalized spacial score (nSPS) is 26.0. The van der Waals surface area contributed by atoms with Crippen molar-refractivity contribution in [3.05, 3.63) is 54.1 Å². The van der Waals surface area contributed by atoms with Crippen molar-refractivity contribution in [2.45, 2.75) is 22.1 Å². The molecule has 3 atom stereocenters. The van der Waals surface area contributed by atoms with Crippen molar-refractivity contribution in [3.8, 4) is 11.5 Å². The third kappa shape index (κ3) is 1.99. The molecule has 0 bridgehead atoms. The summed E-state index contributed by atoms with van der Waals surface area (Å²) in [7, 11) is -3.42. The largest absolute Gasteiger partial charge is 0.454 e. The predicted octanol–water partition coefficient (Wildman–Crippen LogP) is 1.68. The Labute approximate surface area is 128 Å². The molecule has 114 valence electrons. The first-order chi connectivity index (χ1) is 10.6. The third-order valence-electron chi connectivity index (χ3n) is 4.22. The highest BCUT2D eigenvalue weighted by molar-refractivity contribution is 7.92. The van der Waals surface area contributed by atoms with E-state index in [0.717, 1.165) is 5.56 Å². The molecule has 1 aliphatic heterocycles. The third-order valence-corrected chi connectivity index (χ3v) is 6.47. The minimum atomic E-state index is -3.42. The van der Waals surface area contributed by atoms with Crippen molar-refractivity contribution in [3.63, 3.8) is 0 Å². The van der Waals surface area contributed by atoms with Crippen LogP contribution >= 0.6 is 0 Å². The lowest BCUT2D eigenvalue weighted by molar-refractivity contribution is 0.174. The number of fused-ring (bicyclic) bond motifs is 1. The minimum absolute atomic E-state index is 0.196. The molecule has 1 fully saturated rings. The molecule has 1 heterocycles. The molecule has 2 aromatic rings. The lowest BCUT2D eigenvalue weighted by Crippen LogP contribution is -2.15. The highest BCUT2D eigenvalue weighted by Gasteiger charge is 2.57. The zero-order chi connectivity index (χ0) is 15.3. The van der Waals surface area contributed by atoms with E-state index in [-0.39, 0.29) is 12.7 Å². The van der Waals surface area contributed by atoms with E-state index in [4.69, 9.17) is 15.2 Å². The average molecular weight is 317 g/mol. The van der Waals surface area contributed by atoms with Crippen LogP contribution in [0.4, 0.5) is 0 Å². The molecule has 6 heteroatoms. The van der Waals surface area contributed by atoms with Gasteiger partial charge in [0.2, 0.25) is 6.79 Å². The lowest BCUT2D eigenvalue weighted by Gasteiger charge is -2.04. The predicted molar refractivity (Wildman–Crippen MR) is 80.7 cm³/mol. The molecule has 4 rings (SSSR count). The summed E-state index contributed by atoms with van der Waals surface area (Å²) in [5.41, 5.74) is 6.94. The van der Waals surface area contributed by atoms with Gasteiger partial charge in [-0.15, -0.1) is 0 Å². The number of hydrogen-bond acceptors (Lipinski definition) is 5. The van der Waals surface area contributed by atoms with Crippen LogP contribution in [0.25, 0.3) is 0 Å². The van der Waals surface area contributed by atoms with Gasteiger partial charge in [0.15, 0.2) is 21.3 Å². The van der Waals surface area contributed by atoms with Crippen molar-refractivity contribution in [2.75, 3.05) is 6.79 Å². The van der Waals surface area contributed by atoms with Crippen molar-refractivity contribution in [1.29, 1.82) is 0 Å². The Morgan fingerprint density at radius 3 is 2.50 bits per heavy atom. The quantitative estimate of drug-likeness (QED) is 0.932. The fourth-order valence-electron chi connectivity index (χ4n) is 3.00. The molecule has 2 aromatic carbocycles. The number of rotatable bonds is 3. The van der Waals surface area contributed by atoms with Gasteiger partial charge in [-0.3, -0.25) is 0 Å². The summed E-state index contributed by atoms with van der Waals surface area (Å²) in [5.74, 6) is 1.12. The summed E-state index contributed by atoms with van der Waals surface area (Å²) in [6.45, 7) is 0.196. The van der Waals surface area contributed by atoms with Gasteiger partial charge in [-0.2, -0.15) is 0 Å². The number of sulfone groups is 1. The smallest absolute Gasteiger partial charge is 0.231 e. The molecular formula is C16H15NO4S. The van der Waals surface area contributed by atoms with Crippen LogP contribution in [0.15, 0.2) is 53.4 Å². The number of ether oxygens (including phenoxy) is 2. The first-order valence-corrected chi connectivity index (χ1v) is 8.58. The summed E-state index contributed by atoms with van der Waals surface area (Å²) in [6, 6.07) is 13.5. The Balaban J connectivity index is 1.66. The second kappa shape index (κ2) is 4.72. The van der Waals surface area contributed by atoms with Crippen LogP contribution in [0.2, 0.25) is 0 Å². The maximum Gasteiger partial charge on any atom is 0.231 e. The SMILES string of the molecule is N[C@@H]1[C@@H](c2ccc3c(c2)OCO3)[C@@H]1S(=O)(=O)c1ccccc1. The van der Waals surface area contributed by atoms with Crippen LogP contribution in [0.1, 0.15) is 11.5 Å². The summed E-state index contributed by atoms with van der Waals surface area (Å²) >= 11 is 0. The molecular weight excluding hydrogens is 302 g/mol. The molecule has 2 N–H and O–H groups in total. The number of benzene rings is 2. The van der Waals surface area contributed by atoms with Gasteiger partial charge in [-0.1, -0.05) is 24.3 Å². The van der Waals surface area contributed by atoms with Crippen molar-refractivity contribution in [2.24, 2.45) is 5.73 Å². The highest BCUT2D eigenvalue weighted by atomic mass is 32.2. The van der Waals surface area contributed by atoms with E-state index in [2.05, 4.69) is 0 Å². The van der Waals surface area contributed by atoms with Gasteiger partial charge in [-0.05, 0) is 29.8 Å². The summed E-state index contributed by atoms with van der Waals surface area (Å²) < 4.78 is 36.0. The summed E-state index contributed by atoms with van der Waals surface area (Å²) in [4.78, 5) is 0.318. The fraction of sp³-hybridized carbons (Fsp3) is 0.250. The minimum Gasteiger partial charge on any atom is -0.454 e. The van der Waals surface area contributed by atoms with Crippen molar-refractivity contribution >= 4 is 9.84 Å². The average Bonchev–Trinajstić information content (AvgIpc) is 3.01. The number of nitrogens with two attached hydrogens (primary N) is 1. The van der Waals surface area contributed by atoms with E-state index in [1.165, 1.54) is 0 Å². The molecule has 0 radical (unpaired) electrons. The van der Waals surface area contributed by atoms with Crippen LogP contribution in [-0.2, 0) is 9.84 Å². The standard InChI is InChI=1S/C16H15NO4S/c17-15-14(10-6-7-12-13(8-10)21-9-20-12)16(15)22(18,19)11-4-2-1-3-5-11/h1-8,14-16H,9,17H2/t14-,15-,16+/m1/s1. The van der Waals surface area contributed by atoms with Gasteiger partial charge in [0, 0.05) is 12.0 Å². The monoisotopic (exact) mass is 317 g/mol. The van der Waals surface area contributed by atoms with Gasteiger partial charge in [0.05, 0.1) is 10.1 Å². The second-order valence-electron chi connectivity index (χ2n) is 5.54. The van der Waals surface area contributed by atoms with Crippen molar-refractivity contribution in [1.82, 2.24) is 0 Å². The van der Waals surface area contributed by atoms with Gasteiger partial charge >= 0.3 is 0 Å². The highest BCUT2D eigenvalue weighted by Crippen LogP contribution is 2.49.